The number of nitrogens with one attached hydrogen (secondary N) is 1. The second-order valence-corrected chi connectivity index (χ2v) is 9.56. The molecule has 162 valence electrons. The first-order valence-electron chi connectivity index (χ1n) is 11.4. The number of hydrogen-bond donors (Lipinski definition) is 1. The summed E-state index contributed by atoms with van der Waals surface area (Å²) in [5, 5.41) is 4.45. The fourth-order valence-corrected chi connectivity index (χ4v) is 4.75. The molecule has 3 heteroatoms. The molecule has 1 saturated heterocycles. The van der Waals surface area contributed by atoms with Gasteiger partial charge in [0.05, 0.1) is 0 Å². The molecule has 1 aliphatic rings. The van der Waals surface area contributed by atoms with Crippen molar-refractivity contribution in [2.75, 3.05) is 24.5 Å². The topological polar surface area (TPSA) is 15.3 Å². The molecule has 3 aromatic rings. The zero-order chi connectivity index (χ0) is 21.6. The molecule has 0 aliphatic carbocycles. The fourth-order valence-electron chi connectivity index (χ4n) is 4.62. The molecule has 0 bridgehead atoms. The first-order chi connectivity index (χ1) is 15.1. The molecular weight excluding hydrogens is 400 g/mol. The maximum absolute atomic E-state index is 6.17. The lowest BCUT2D eigenvalue weighted by Gasteiger charge is -2.30. The molecule has 1 N–H and O–H groups in total. The van der Waals surface area contributed by atoms with Crippen molar-refractivity contribution in [1.82, 2.24) is 5.32 Å². The number of halogens is 1. The van der Waals surface area contributed by atoms with Crippen molar-refractivity contribution in [3.63, 3.8) is 0 Å². The molecule has 1 fully saturated rings. The highest BCUT2D eigenvalue weighted by molar-refractivity contribution is 6.30. The van der Waals surface area contributed by atoms with E-state index in [1.54, 1.807) is 0 Å². The molecular formula is C28H33ClN2. The number of hydrogen-bond acceptors (Lipinski definition) is 2. The van der Waals surface area contributed by atoms with Crippen LogP contribution in [0.25, 0.3) is 0 Å². The maximum atomic E-state index is 6.17. The largest absolute Gasteiger partial charge is 0.367 e. The molecule has 0 saturated carbocycles. The van der Waals surface area contributed by atoms with E-state index in [0.29, 0.717) is 17.8 Å². The summed E-state index contributed by atoms with van der Waals surface area (Å²) >= 11 is 6.17. The van der Waals surface area contributed by atoms with Crippen LogP contribution >= 0.6 is 11.6 Å². The van der Waals surface area contributed by atoms with E-state index in [4.69, 9.17) is 11.6 Å². The van der Waals surface area contributed by atoms with Gasteiger partial charge in [0, 0.05) is 23.8 Å². The summed E-state index contributed by atoms with van der Waals surface area (Å²) in [7, 11) is 0. The minimum absolute atomic E-state index is 0.573. The van der Waals surface area contributed by atoms with Crippen LogP contribution in [0.15, 0.2) is 78.9 Å². The lowest BCUT2D eigenvalue weighted by molar-refractivity contribution is 0.413. The summed E-state index contributed by atoms with van der Waals surface area (Å²) in [6.45, 7) is 8.66. The highest BCUT2D eigenvalue weighted by Gasteiger charge is 2.29. The van der Waals surface area contributed by atoms with Crippen LogP contribution < -0.4 is 10.2 Å². The van der Waals surface area contributed by atoms with Crippen LogP contribution in [-0.2, 0) is 13.0 Å². The first-order valence-corrected chi connectivity index (χ1v) is 11.8. The predicted molar refractivity (Wildman–Crippen MR) is 133 cm³/mol. The van der Waals surface area contributed by atoms with Gasteiger partial charge >= 0.3 is 0 Å². The van der Waals surface area contributed by atoms with Gasteiger partial charge < -0.3 is 10.2 Å². The number of benzene rings is 3. The Hall–Kier alpha value is -2.29. The van der Waals surface area contributed by atoms with E-state index in [0.717, 1.165) is 37.6 Å². The van der Waals surface area contributed by atoms with E-state index in [2.05, 4.69) is 90.8 Å². The fraction of sp³-hybridized carbons (Fsp3) is 0.357. The quantitative estimate of drug-likeness (QED) is 0.434. The average Bonchev–Trinajstić information content (AvgIpc) is 3.21. The molecule has 31 heavy (non-hydrogen) atoms. The van der Waals surface area contributed by atoms with Crippen LogP contribution in [0.4, 0.5) is 5.69 Å². The van der Waals surface area contributed by atoms with Gasteiger partial charge in [-0.3, -0.25) is 0 Å². The van der Waals surface area contributed by atoms with Gasteiger partial charge in [-0.05, 0) is 78.2 Å². The zero-order valence-electron chi connectivity index (χ0n) is 18.6. The molecule has 0 radical (unpaired) electrons. The number of anilines is 1. The van der Waals surface area contributed by atoms with E-state index >= 15 is 0 Å². The van der Waals surface area contributed by atoms with E-state index in [1.807, 2.05) is 12.1 Å². The summed E-state index contributed by atoms with van der Waals surface area (Å²) in [4.78, 5) is 2.51. The SMILES string of the molecule is CC(C)c1cccc(CC2CNCC2CN(Cc2ccccc2)c2ccc(Cl)cc2)c1. The van der Waals surface area contributed by atoms with E-state index in [1.165, 1.54) is 22.4 Å². The third-order valence-corrected chi connectivity index (χ3v) is 6.71. The summed E-state index contributed by atoms with van der Waals surface area (Å²) in [5.41, 5.74) is 5.48. The maximum Gasteiger partial charge on any atom is 0.0429 e. The monoisotopic (exact) mass is 432 g/mol. The van der Waals surface area contributed by atoms with Crippen molar-refractivity contribution in [3.05, 3.63) is 101 Å². The Kier molecular flexibility index (Phi) is 7.32. The third kappa shape index (κ3) is 5.90. The van der Waals surface area contributed by atoms with Gasteiger partial charge in [0.15, 0.2) is 0 Å². The molecule has 3 aromatic carbocycles. The standard InChI is InChI=1S/C28H33ClN2/c1-21(2)24-10-6-9-23(15-24)16-25-17-30-18-26(25)20-31(19-22-7-4-3-5-8-22)28-13-11-27(29)12-14-28/h3-15,21,25-26,30H,16-20H2,1-2H3. The molecule has 4 rings (SSSR count). The second kappa shape index (κ2) is 10.3. The highest BCUT2D eigenvalue weighted by atomic mass is 35.5. The third-order valence-electron chi connectivity index (χ3n) is 6.46. The second-order valence-electron chi connectivity index (χ2n) is 9.12. The molecule has 1 aliphatic heterocycles. The van der Waals surface area contributed by atoms with Gasteiger partial charge in [-0.1, -0.05) is 80.0 Å². The molecule has 0 aromatic heterocycles. The summed E-state index contributed by atoms with van der Waals surface area (Å²) in [6.07, 6.45) is 1.14. The van der Waals surface area contributed by atoms with Crippen molar-refractivity contribution < 1.29 is 0 Å². The van der Waals surface area contributed by atoms with Crippen molar-refractivity contribution in [3.8, 4) is 0 Å². The van der Waals surface area contributed by atoms with E-state index in [9.17, 15) is 0 Å². The van der Waals surface area contributed by atoms with Crippen molar-refractivity contribution >= 4 is 17.3 Å². The van der Waals surface area contributed by atoms with Crippen LogP contribution in [0.2, 0.25) is 5.02 Å². The Bertz CT molecular complexity index is 952. The van der Waals surface area contributed by atoms with Crippen molar-refractivity contribution in [2.45, 2.75) is 32.7 Å². The Morgan fingerprint density at radius 3 is 2.32 bits per heavy atom. The van der Waals surface area contributed by atoms with Crippen LogP contribution in [0.3, 0.4) is 0 Å². The van der Waals surface area contributed by atoms with Gasteiger partial charge in [0.25, 0.3) is 0 Å². The van der Waals surface area contributed by atoms with Crippen LogP contribution in [0.1, 0.15) is 36.5 Å². The molecule has 2 nitrogen and oxygen atoms in total. The van der Waals surface area contributed by atoms with Crippen molar-refractivity contribution in [1.29, 1.82) is 0 Å². The van der Waals surface area contributed by atoms with E-state index in [-0.39, 0.29) is 0 Å². The highest BCUT2D eigenvalue weighted by Crippen LogP contribution is 2.28. The average molecular weight is 433 g/mol. The van der Waals surface area contributed by atoms with Crippen molar-refractivity contribution in [2.24, 2.45) is 11.8 Å². The summed E-state index contributed by atoms with van der Waals surface area (Å²) in [5.74, 6) is 1.83. The normalized spacial score (nSPS) is 18.5. The number of rotatable bonds is 8. The molecule has 2 unspecified atom stereocenters. The zero-order valence-corrected chi connectivity index (χ0v) is 19.4. The van der Waals surface area contributed by atoms with Gasteiger partial charge in [0.2, 0.25) is 0 Å². The Labute approximate surface area is 192 Å². The van der Waals surface area contributed by atoms with Crippen LogP contribution in [0, 0.1) is 11.8 Å². The number of nitrogens with zero attached hydrogens (tertiary/aromatic N) is 1. The summed E-state index contributed by atoms with van der Waals surface area (Å²) in [6, 6.07) is 28.2. The Morgan fingerprint density at radius 2 is 1.58 bits per heavy atom. The van der Waals surface area contributed by atoms with Gasteiger partial charge in [-0.25, -0.2) is 0 Å². The van der Waals surface area contributed by atoms with Gasteiger partial charge in [0.1, 0.15) is 0 Å². The smallest absolute Gasteiger partial charge is 0.0429 e. The lowest BCUT2D eigenvalue weighted by atomic mass is 9.88. The van der Waals surface area contributed by atoms with Crippen LogP contribution in [-0.4, -0.2) is 19.6 Å². The minimum atomic E-state index is 0.573. The van der Waals surface area contributed by atoms with Gasteiger partial charge in [-0.15, -0.1) is 0 Å². The van der Waals surface area contributed by atoms with Gasteiger partial charge in [-0.2, -0.15) is 0 Å². The predicted octanol–water partition coefficient (Wildman–Crippen LogP) is 6.55. The van der Waals surface area contributed by atoms with Crippen LogP contribution in [0.5, 0.6) is 0 Å². The summed E-state index contributed by atoms with van der Waals surface area (Å²) < 4.78 is 0. The minimum Gasteiger partial charge on any atom is -0.367 e. The lowest BCUT2D eigenvalue weighted by Crippen LogP contribution is -2.33. The first kappa shape index (κ1) is 21.9. The molecule has 2 atom stereocenters. The molecule has 1 heterocycles. The Balaban J connectivity index is 1.51. The molecule has 0 spiro atoms. The van der Waals surface area contributed by atoms with E-state index < -0.39 is 0 Å². The molecule has 0 amide bonds. The Morgan fingerprint density at radius 1 is 0.871 bits per heavy atom.